The normalized spacial score (nSPS) is 14.2. The van der Waals surface area contributed by atoms with Gasteiger partial charge in [0.05, 0.1) is 0 Å². The molecule has 0 spiro atoms. The van der Waals surface area contributed by atoms with Crippen molar-refractivity contribution in [3.63, 3.8) is 0 Å². The fourth-order valence-electron chi connectivity index (χ4n) is 2.63. The van der Waals surface area contributed by atoms with Crippen LogP contribution in [0.4, 0.5) is 0 Å². The van der Waals surface area contributed by atoms with Crippen LogP contribution in [0.2, 0.25) is 0 Å². The summed E-state index contributed by atoms with van der Waals surface area (Å²) in [6.07, 6.45) is 7.10. The first-order chi connectivity index (χ1) is 9.62. The van der Waals surface area contributed by atoms with E-state index in [2.05, 4.69) is 42.0 Å². The van der Waals surface area contributed by atoms with E-state index in [9.17, 15) is 5.11 Å². The standard InChI is InChI=1S/C17H28BrNO/c1-4-7-9-14(8-5-2)19-16(6-3)15-12-13(18)10-11-17(15)20/h10-12,14,16,19-20H,4-9H2,1-3H3. The Morgan fingerprint density at radius 3 is 2.50 bits per heavy atom. The van der Waals surface area contributed by atoms with Gasteiger partial charge in [-0.2, -0.15) is 0 Å². The molecule has 2 N–H and O–H groups in total. The Morgan fingerprint density at radius 2 is 1.90 bits per heavy atom. The number of halogens is 1. The van der Waals surface area contributed by atoms with Crippen molar-refractivity contribution in [3.05, 3.63) is 28.2 Å². The van der Waals surface area contributed by atoms with E-state index in [-0.39, 0.29) is 6.04 Å². The predicted octanol–water partition coefficient (Wildman–Crippen LogP) is 5.55. The van der Waals surface area contributed by atoms with Crippen molar-refractivity contribution in [2.45, 2.75) is 71.4 Å². The van der Waals surface area contributed by atoms with Gasteiger partial charge < -0.3 is 10.4 Å². The van der Waals surface area contributed by atoms with Gasteiger partial charge in [-0.25, -0.2) is 0 Å². The number of hydrogen-bond acceptors (Lipinski definition) is 2. The van der Waals surface area contributed by atoms with E-state index in [1.54, 1.807) is 6.07 Å². The van der Waals surface area contributed by atoms with Crippen LogP contribution in [-0.4, -0.2) is 11.1 Å². The van der Waals surface area contributed by atoms with Crippen LogP contribution in [0.3, 0.4) is 0 Å². The average molecular weight is 342 g/mol. The van der Waals surface area contributed by atoms with E-state index in [4.69, 9.17) is 0 Å². The third kappa shape index (κ3) is 5.45. The molecular formula is C17H28BrNO. The van der Waals surface area contributed by atoms with Crippen molar-refractivity contribution in [2.75, 3.05) is 0 Å². The number of phenolic OH excluding ortho intramolecular Hbond substituents is 1. The van der Waals surface area contributed by atoms with Crippen LogP contribution in [0.5, 0.6) is 5.75 Å². The maximum atomic E-state index is 10.1. The highest BCUT2D eigenvalue weighted by Crippen LogP contribution is 2.30. The molecule has 0 fully saturated rings. The monoisotopic (exact) mass is 341 g/mol. The first kappa shape index (κ1) is 17.5. The molecule has 0 saturated heterocycles. The van der Waals surface area contributed by atoms with E-state index >= 15 is 0 Å². The van der Waals surface area contributed by atoms with Crippen LogP contribution >= 0.6 is 15.9 Å². The Bertz CT molecular complexity index is 395. The molecule has 1 aromatic carbocycles. The number of rotatable bonds is 9. The van der Waals surface area contributed by atoms with E-state index in [1.165, 1.54) is 32.1 Å². The molecule has 2 unspecified atom stereocenters. The summed E-state index contributed by atoms with van der Waals surface area (Å²) in [5, 5.41) is 13.8. The summed E-state index contributed by atoms with van der Waals surface area (Å²) in [7, 11) is 0. The second kappa shape index (κ2) is 9.41. The minimum Gasteiger partial charge on any atom is -0.508 e. The van der Waals surface area contributed by atoms with Crippen LogP contribution in [0, 0.1) is 0 Å². The summed E-state index contributed by atoms with van der Waals surface area (Å²) >= 11 is 3.49. The van der Waals surface area contributed by atoms with Gasteiger partial charge in [-0.3, -0.25) is 0 Å². The molecule has 0 aliphatic carbocycles. The van der Waals surface area contributed by atoms with Gasteiger partial charge >= 0.3 is 0 Å². The number of phenols is 1. The number of benzene rings is 1. The van der Waals surface area contributed by atoms with Crippen LogP contribution in [0.25, 0.3) is 0 Å². The van der Waals surface area contributed by atoms with Crippen molar-refractivity contribution < 1.29 is 5.11 Å². The van der Waals surface area contributed by atoms with E-state index in [0.717, 1.165) is 16.5 Å². The van der Waals surface area contributed by atoms with Crippen molar-refractivity contribution in [1.82, 2.24) is 5.32 Å². The lowest BCUT2D eigenvalue weighted by atomic mass is 9.99. The van der Waals surface area contributed by atoms with Crippen LogP contribution < -0.4 is 5.32 Å². The largest absolute Gasteiger partial charge is 0.508 e. The van der Waals surface area contributed by atoms with Gasteiger partial charge in [0.2, 0.25) is 0 Å². The summed E-state index contributed by atoms with van der Waals surface area (Å²) in [4.78, 5) is 0. The van der Waals surface area contributed by atoms with Crippen molar-refractivity contribution in [1.29, 1.82) is 0 Å². The smallest absolute Gasteiger partial charge is 0.120 e. The first-order valence-electron chi connectivity index (χ1n) is 7.86. The van der Waals surface area contributed by atoms with Gasteiger partial charge in [-0.1, -0.05) is 56.0 Å². The molecule has 0 aromatic heterocycles. The summed E-state index contributed by atoms with van der Waals surface area (Å²) in [5.74, 6) is 0.387. The van der Waals surface area contributed by atoms with Crippen LogP contribution in [0.15, 0.2) is 22.7 Å². The number of unbranched alkanes of at least 4 members (excludes halogenated alkanes) is 1. The van der Waals surface area contributed by atoms with Gasteiger partial charge in [0, 0.05) is 22.1 Å². The number of hydrogen-bond donors (Lipinski definition) is 2. The maximum Gasteiger partial charge on any atom is 0.120 e. The lowest BCUT2D eigenvalue weighted by Gasteiger charge is -2.26. The molecule has 1 rings (SSSR count). The number of aromatic hydroxyl groups is 1. The average Bonchev–Trinajstić information content (AvgIpc) is 2.44. The third-order valence-corrected chi connectivity index (χ3v) is 4.25. The lowest BCUT2D eigenvalue weighted by molar-refractivity contribution is 0.366. The van der Waals surface area contributed by atoms with Crippen molar-refractivity contribution in [3.8, 4) is 5.75 Å². The summed E-state index contributed by atoms with van der Waals surface area (Å²) in [5.41, 5.74) is 1.000. The van der Waals surface area contributed by atoms with Crippen LogP contribution in [0.1, 0.15) is 70.9 Å². The molecule has 0 amide bonds. The lowest BCUT2D eigenvalue weighted by Crippen LogP contribution is -2.32. The molecule has 2 atom stereocenters. The molecule has 3 heteroatoms. The minimum absolute atomic E-state index is 0.223. The molecule has 0 saturated carbocycles. The van der Waals surface area contributed by atoms with Gasteiger partial charge in [-0.05, 0) is 37.5 Å². The molecule has 0 aliphatic heterocycles. The SMILES string of the molecule is CCCCC(CCC)NC(CC)c1cc(Br)ccc1O. The zero-order valence-electron chi connectivity index (χ0n) is 13.0. The molecule has 20 heavy (non-hydrogen) atoms. The molecule has 0 bridgehead atoms. The van der Waals surface area contributed by atoms with Crippen molar-refractivity contribution >= 4 is 15.9 Å². The predicted molar refractivity (Wildman–Crippen MR) is 90.2 cm³/mol. The van der Waals surface area contributed by atoms with E-state index in [0.29, 0.717) is 11.8 Å². The zero-order chi connectivity index (χ0) is 15.0. The quantitative estimate of drug-likeness (QED) is 0.616. The van der Waals surface area contributed by atoms with Crippen LogP contribution in [-0.2, 0) is 0 Å². The minimum atomic E-state index is 0.223. The number of nitrogens with one attached hydrogen (secondary N) is 1. The molecule has 114 valence electrons. The Hall–Kier alpha value is -0.540. The Kier molecular flexibility index (Phi) is 8.24. The molecule has 0 radical (unpaired) electrons. The second-order valence-electron chi connectivity index (χ2n) is 5.46. The summed E-state index contributed by atoms with van der Waals surface area (Å²) in [6, 6.07) is 6.44. The molecule has 0 aliphatic rings. The summed E-state index contributed by atoms with van der Waals surface area (Å²) in [6.45, 7) is 6.64. The fraction of sp³-hybridized carbons (Fsp3) is 0.647. The zero-order valence-corrected chi connectivity index (χ0v) is 14.5. The second-order valence-corrected chi connectivity index (χ2v) is 6.37. The highest BCUT2D eigenvalue weighted by atomic mass is 79.9. The molecule has 2 nitrogen and oxygen atoms in total. The summed E-state index contributed by atoms with van der Waals surface area (Å²) < 4.78 is 1.02. The Morgan fingerprint density at radius 1 is 1.15 bits per heavy atom. The molecular weight excluding hydrogens is 314 g/mol. The maximum absolute atomic E-state index is 10.1. The topological polar surface area (TPSA) is 32.3 Å². The Labute approximate surface area is 132 Å². The third-order valence-electron chi connectivity index (χ3n) is 3.75. The van der Waals surface area contributed by atoms with Gasteiger partial charge in [0.15, 0.2) is 0 Å². The Balaban J connectivity index is 2.80. The molecule has 1 aromatic rings. The van der Waals surface area contributed by atoms with Gasteiger partial charge in [-0.15, -0.1) is 0 Å². The van der Waals surface area contributed by atoms with Gasteiger partial charge in [0.1, 0.15) is 5.75 Å². The molecule has 0 heterocycles. The highest BCUT2D eigenvalue weighted by molar-refractivity contribution is 9.10. The van der Waals surface area contributed by atoms with Crippen molar-refractivity contribution in [2.24, 2.45) is 0 Å². The van der Waals surface area contributed by atoms with E-state index < -0.39 is 0 Å². The first-order valence-corrected chi connectivity index (χ1v) is 8.66. The fourth-order valence-corrected chi connectivity index (χ4v) is 3.01. The van der Waals surface area contributed by atoms with Gasteiger partial charge in [0.25, 0.3) is 0 Å². The van der Waals surface area contributed by atoms with E-state index in [1.807, 2.05) is 12.1 Å². The highest BCUT2D eigenvalue weighted by Gasteiger charge is 2.18.